The van der Waals surface area contributed by atoms with Gasteiger partial charge in [-0.3, -0.25) is 14.6 Å². The number of imidazole rings is 2. The SMILES string of the molecule is COC(=O)NC(C(=O)N1CCCC1c1ncc(-c2ccc(-c3ccc4cc(-c5cnc(CCCCNC(=O)[C@@H](NC(=O)OC)C(C)C)[nH]5)ccc4c3)nc2)[nH]1)C(C)C. The summed E-state index contributed by atoms with van der Waals surface area (Å²) >= 11 is 0. The van der Waals surface area contributed by atoms with Gasteiger partial charge in [0.2, 0.25) is 11.8 Å². The van der Waals surface area contributed by atoms with Crippen molar-refractivity contribution in [2.24, 2.45) is 11.8 Å². The number of methoxy groups -OCH3 is 2. The second-order valence-electron chi connectivity index (χ2n) is 15.3. The standard InChI is InChI=1S/C43H53N9O6/c1-25(2)37(50-42(55)57-5)40(53)44-18-8-7-11-36-46-23-33(48-36)30-15-13-27-20-29(14-12-28(27)21-30)32-17-16-31(22-45-32)34-24-47-39(49-34)35-10-9-19-52(35)41(54)38(26(3)4)51-43(56)58-6/h12-17,20-26,35,37-38H,7-11,18-19H2,1-6H3,(H,44,53)(H,46,48)(H,47,49)(H,50,55)(H,51,56)/t35?,37-,38?/m0/s1. The minimum Gasteiger partial charge on any atom is -0.453 e. The molecule has 5 N–H and O–H groups in total. The minimum absolute atomic E-state index is 0.0712. The molecule has 4 amide bonds. The van der Waals surface area contributed by atoms with E-state index in [9.17, 15) is 19.2 Å². The van der Waals surface area contributed by atoms with Crippen molar-refractivity contribution in [3.8, 4) is 33.8 Å². The number of aryl methyl sites for hydroxylation is 1. The Morgan fingerprint density at radius 2 is 1.40 bits per heavy atom. The lowest BCUT2D eigenvalue weighted by atomic mass is 10.0. The molecule has 15 nitrogen and oxygen atoms in total. The number of hydrogen-bond acceptors (Lipinski definition) is 9. The van der Waals surface area contributed by atoms with Crippen LogP contribution in [0.5, 0.6) is 0 Å². The summed E-state index contributed by atoms with van der Waals surface area (Å²) in [5, 5.41) is 10.4. The summed E-state index contributed by atoms with van der Waals surface area (Å²) in [7, 11) is 2.56. The smallest absolute Gasteiger partial charge is 0.407 e. The molecule has 0 spiro atoms. The molecule has 1 saturated heterocycles. The normalized spacial score (nSPS) is 15.0. The number of ether oxygens (including phenoxy) is 2. The summed E-state index contributed by atoms with van der Waals surface area (Å²) in [4.78, 5) is 72.3. The van der Waals surface area contributed by atoms with Crippen LogP contribution in [0.25, 0.3) is 44.5 Å². The Morgan fingerprint density at radius 3 is 2.07 bits per heavy atom. The van der Waals surface area contributed by atoms with Crippen LogP contribution in [0.15, 0.2) is 67.1 Å². The summed E-state index contributed by atoms with van der Waals surface area (Å²) in [6.07, 6.45) is 8.16. The van der Waals surface area contributed by atoms with Crippen molar-refractivity contribution < 1.29 is 28.7 Å². The maximum absolute atomic E-state index is 13.5. The first-order valence-corrected chi connectivity index (χ1v) is 19.8. The predicted molar refractivity (Wildman–Crippen MR) is 220 cm³/mol. The molecule has 6 rings (SSSR count). The summed E-state index contributed by atoms with van der Waals surface area (Å²) < 4.78 is 9.39. The number of aromatic nitrogens is 5. The Bertz CT molecular complexity index is 2210. The molecule has 1 fully saturated rings. The van der Waals surface area contributed by atoms with Crippen LogP contribution in [0.2, 0.25) is 0 Å². The third-order valence-corrected chi connectivity index (χ3v) is 10.5. The molecule has 1 aliphatic rings. The number of carbonyl (C=O) groups excluding carboxylic acids is 4. The number of aromatic amines is 2. The molecule has 0 aliphatic carbocycles. The van der Waals surface area contributed by atoms with Gasteiger partial charge in [0.15, 0.2) is 0 Å². The van der Waals surface area contributed by atoms with Gasteiger partial charge in [-0.05, 0) is 72.6 Å². The zero-order chi connectivity index (χ0) is 41.3. The van der Waals surface area contributed by atoms with Crippen molar-refractivity contribution >= 4 is 34.8 Å². The Hall–Kier alpha value is -6.25. The van der Waals surface area contributed by atoms with Gasteiger partial charge in [-0.2, -0.15) is 0 Å². The zero-order valence-electron chi connectivity index (χ0n) is 33.9. The minimum atomic E-state index is -0.692. The Morgan fingerprint density at radius 1 is 0.759 bits per heavy atom. The summed E-state index contributed by atoms with van der Waals surface area (Å²) in [5.41, 5.74) is 5.50. The Kier molecular flexibility index (Phi) is 13.4. The molecule has 5 aromatic rings. The Balaban J connectivity index is 1.04. The number of fused-ring (bicyclic) bond motifs is 1. The molecule has 306 valence electrons. The lowest BCUT2D eigenvalue weighted by molar-refractivity contribution is -0.135. The number of likely N-dealkylation sites (tertiary alicyclic amines) is 1. The monoisotopic (exact) mass is 791 g/mol. The summed E-state index contributed by atoms with van der Waals surface area (Å²) in [6, 6.07) is 15.1. The molecule has 58 heavy (non-hydrogen) atoms. The zero-order valence-corrected chi connectivity index (χ0v) is 33.9. The van der Waals surface area contributed by atoms with E-state index in [4.69, 9.17) is 9.72 Å². The molecule has 0 bridgehead atoms. The number of nitrogens with zero attached hydrogens (tertiary/aromatic N) is 4. The molecular formula is C43H53N9O6. The van der Waals surface area contributed by atoms with Crippen LogP contribution in [-0.2, 0) is 25.5 Å². The second-order valence-corrected chi connectivity index (χ2v) is 15.3. The van der Waals surface area contributed by atoms with E-state index in [2.05, 4.69) is 77.0 Å². The van der Waals surface area contributed by atoms with Gasteiger partial charge in [-0.15, -0.1) is 0 Å². The van der Waals surface area contributed by atoms with E-state index >= 15 is 0 Å². The number of H-pyrrole nitrogens is 2. The molecule has 2 unspecified atom stereocenters. The maximum Gasteiger partial charge on any atom is 0.407 e. The van der Waals surface area contributed by atoms with Crippen molar-refractivity contribution in [2.75, 3.05) is 27.3 Å². The lowest BCUT2D eigenvalue weighted by Crippen LogP contribution is -2.51. The lowest BCUT2D eigenvalue weighted by Gasteiger charge is -2.30. The number of benzene rings is 2. The number of hydrogen-bond donors (Lipinski definition) is 5. The highest BCUT2D eigenvalue weighted by atomic mass is 16.5. The van der Waals surface area contributed by atoms with Gasteiger partial charge in [0.1, 0.15) is 23.7 Å². The predicted octanol–water partition coefficient (Wildman–Crippen LogP) is 6.55. The first-order chi connectivity index (χ1) is 27.9. The highest BCUT2D eigenvalue weighted by Crippen LogP contribution is 2.33. The van der Waals surface area contributed by atoms with E-state index in [-0.39, 0.29) is 29.7 Å². The quantitative estimate of drug-likeness (QED) is 0.0731. The highest BCUT2D eigenvalue weighted by Gasteiger charge is 2.37. The van der Waals surface area contributed by atoms with Crippen LogP contribution in [0.1, 0.15) is 71.1 Å². The van der Waals surface area contributed by atoms with E-state index < -0.39 is 24.3 Å². The van der Waals surface area contributed by atoms with Crippen LogP contribution >= 0.6 is 0 Å². The number of pyridine rings is 1. The number of alkyl carbamates (subject to hydrolysis) is 2. The number of amides is 4. The summed E-state index contributed by atoms with van der Waals surface area (Å²) in [5.74, 6) is 1.03. The van der Waals surface area contributed by atoms with Crippen LogP contribution in [-0.4, -0.2) is 93.2 Å². The fraction of sp³-hybridized carbons (Fsp3) is 0.419. The molecule has 2 aromatic carbocycles. The van der Waals surface area contributed by atoms with Crippen LogP contribution in [0.3, 0.4) is 0 Å². The first kappa shape index (κ1) is 41.4. The average molecular weight is 792 g/mol. The van der Waals surface area contributed by atoms with Crippen molar-refractivity contribution in [3.05, 3.63) is 78.8 Å². The Labute approximate surface area is 338 Å². The van der Waals surface area contributed by atoms with Gasteiger partial charge < -0.3 is 40.3 Å². The van der Waals surface area contributed by atoms with E-state index in [0.29, 0.717) is 18.9 Å². The van der Waals surface area contributed by atoms with Gasteiger partial charge in [-0.1, -0.05) is 52.0 Å². The molecule has 15 heteroatoms. The van der Waals surface area contributed by atoms with Crippen molar-refractivity contribution in [1.29, 1.82) is 0 Å². The van der Waals surface area contributed by atoms with Crippen LogP contribution < -0.4 is 16.0 Å². The first-order valence-electron chi connectivity index (χ1n) is 19.8. The highest BCUT2D eigenvalue weighted by molar-refractivity contribution is 5.90. The topological polar surface area (TPSA) is 196 Å². The van der Waals surface area contributed by atoms with E-state index in [1.807, 2.05) is 52.2 Å². The van der Waals surface area contributed by atoms with E-state index in [1.165, 1.54) is 14.2 Å². The fourth-order valence-corrected chi connectivity index (χ4v) is 7.24. The average Bonchev–Trinajstić information content (AvgIpc) is 4.03. The molecule has 0 radical (unpaired) electrons. The largest absolute Gasteiger partial charge is 0.453 e. The summed E-state index contributed by atoms with van der Waals surface area (Å²) in [6.45, 7) is 8.62. The number of rotatable bonds is 15. The second kappa shape index (κ2) is 18.8. The van der Waals surface area contributed by atoms with Crippen LogP contribution in [0, 0.1) is 11.8 Å². The third-order valence-electron chi connectivity index (χ3n) is 10.5. The van der Waals surface area contributed by atoms with Crippen molar-refractivity contribution in [3.63, 3.8) is 0 Å². The third kappa shape index (κ3) is 9.82. The molecular weight excluding hydrogens is 739 g/mol. The van der Waals surface area contributed by atoms with Gasteiger partial charge in [-0.25, -0.2) is 19.6 Å². The van der Waals surface area contributed by atoms with Gasteiger partial charge >= 0.3 is 12.2 Å². The maximum atomic E-state index is 13.5. The molecule has 0 saturated carbocycles. The van der Waals surface area contributed by atoms with Gasteiger partial charge in [0.25, 0.3) is 0 Å². The van der Waals surface area contributed by atoms with E-state index in [1.54, 1.807) is 11.1 Å². The molecule has 3 aromatic heterocycles. The number of nitrogens with one attached hydrogen (secondary N) is 5. The van der Waals surface area contributed by atoms with Crippen LogP contribution in [0.4, 0.5) is 9.59 Å². The van der Waals surface area contributed by atoms with E-state index in [0.717, 1.165) is 82.5 Å². The van der Waals surface area contributed by atoms with Gasteiger partial charge in [0.05, 0.1) is 49.7 Å². The molecule has 3 atom stereocenters. The molecule has 1 aliphatic heterocycles. The molecule has 4 heterocycles. The van der Waals surface area contributed by atoms with Gasteiger partial charge in [0, 0.05) is 42.4 Å². The van der Waals surface area contributed by atoms with Crippen molar-refractivity contribution in [2.45, 2.75) is 77.9 Å². The van der Waals surface area contributed by atoms with Crippen molar-refractivity contribution in [1.82, 2.24) is 45.8 Å². The number of unbranched alkanes of at least 4 members (excludes halogenated alkanes) is 1. The fourth-order valence-electron chi connectivity index (χ4n) is 7.24. The number of carbonyl (C=O) groups is 4.